The van der Waals surface area contributed by atoms with Crippen LogP contribution in [0.3, 0.4) is 0 Å². The van der Waals surface area contributed by atoms with E-state index in [1.54, 1.807) is 0 Å². The van der Waals surface area contributed by atoms with Crippen molar-refractivity contribution in [2.75, 3.05) is 6.54 Å². The van der Waals surface area contributed by atoms with Gasteiger partial charge >= 0.3 is 0 Å². The second-order valence-corrected chi connectivity index (χ2v) is 3.11. The lowest BCUT2D eigenvalue weighted by atomic mass is 10.4. The third kappa shape index (κ3) is 1.31. The third-order valence-electron chi connectivity index (χ3n) is 1.48. The van der Waals surface area contributed by atoms with Gasteiger partial charge in [-0.1, -0.05) is 0 Å². The molecule has 0 N–H and O–H groups in total. The van der Waals surface area contributed by atoms with Gasteiger partial charge in [-0.05, 0) is 0 Å². The van der Waals surface area contributed by atoms with Crippen molar-refractivity contribution >= 4 is 24.4 Å². The van der Waals surface area contributed by atoms with Crippen molar-refractivity contribution in [3.63, 3.8) is 0 Å². The van der Waals surface area contributed by atoms with Crippen LogP contribution in [0.4, 0.5) is 0 Å². The van der Waals surface area contributed by atoms with E-state index in [9.17, 15) is 9.59 Å². The molecule has 4 heteroatoms. The Bertz CT molecular complexity index is 181. The lowest BCUT2D eigenvalue weighted by molar-refractivity contribution is -0.140. The first-order chi connectivity index (χ1) is 4.61. The number of thiol groups is 1. The Kier molecular flexibility index (Phi) is 1.99. The fourth-order valence-electron chi connectivity index (χ4n) is 0.993. The molecule has 0 aromatic rings. The standard InChI is InChI=1S/C6H9NO2S/c1-4(8)7-3-5(10)2-6(7)9/h5,10H,2-3H2,1H3/t5-/m1/s1. The van der Waals surface area contributed by atoms with Crippen LogP contribution in [0.15, 0.2) is 0 Å². The van der Waals surface area contributed by atoms with E-state index < -0.39 is 0 Å². The van der Waals surface area contributed by atoms with Crippen molar-refractivity contribution in [2.45, 2.75) is 18.6 Å². The summed E-state index contributed by atoms with van der Waals surface area (Å²) in [6, 6.07) is 0. The van der Waals surface area contributed by atoms with Gasteiger partial charge in [0.25, 0.3) is 0 Å². The van der Waals surface area contributed by atoms with Gasteiger partial charge in [0.2, 0.25) is 11.8 Å². The summed E-state index contributed by atoms with van der Waals surface area (Å²) in [4.78, 5) is 22.8. The highest BCUT2D eigenvalue weighted by Crippen LogP contribution is 2.15. The van der Waals surface area contributed by atoms with Gasteiger partial charge in [-0.15, -0.1) is 0 Å². The van der Waals surface area contributed by atoms with Crippen LogP contribution in [0.25, 0.3) is 0 Å². The summed E-state index contributed by atoms with van der Waals surface area (Å²) >= 11 is 4.09. The van der Waals surface area contributed by atoms with E-state index in [4.69, 9.17) is 0 Å². The number of rotatable bonds is 0. The highest BCUT2D eigenvalue weighted by Gasteiger charge is 2.29. The Labute approximate surface area is 64.8 Å². The molecular weight excluding hydrogens is 150 g/mol. The van der Waals surface area contributed by atoms with Crippen LogP contribution in [-0.4, -0.2) is 28.5 Å². The molecule has 0 saturated carbocycles. The molecule has 0 aromatic heterocycles. The molecule has 0 radical (unpaired) electrons. The molecule has 10 heavy (non-hydrogen) atoms. The molecule has 1 rings (SSSR count). The minimum Gasteiger partial charge on any atom is -0.282 e. The summed E-state index contributed by atoms with van der Waals surface area (Å²) in [5.41, 5.74) is 0. The molecule has 1 atom stereocenters. The van der Waals surface area contributed by atoms with Crippen molar-refractivity contribution in [2.24, 2.45) is 0 Å². The van der Waals surface area contributed by atoms with Gasteiger partial charge in [-0.2, -0.15) is 12.6 Å². The molecule has 0 unspecified atom stereocenters. The zero-order valence-electron chi connectivity index (χ0n) is 5.70. The molecule has 1 aliphatic rings. The van der Waals surface area contributed by atoms with E-state index in [2.05, 4.69) is 12.6 Å². The average molecular weight is 159 g/mol. The Hall–Kier alpha value is -0.510. The zero-order valence-corrected chi connectivity index (χ0v) is 6.60. The predicted molar refractivity (Wildman–Crippen MR) is 39.8 cm³/mol. The van der Waals surface area contributed by atoms with Crippen molar-refractivity contribution in [3.8, 4) is 0 Å². The molecule has 1 fully saturated rings. The van der Waals surface area contributed by atoms with Crippen LogP contribution in [-0.2, 0) is 9.59 Å². The van der Waals surface area contributed by atoms with E-state index >= 15 is 0 Å². The van der Waals surface area contributed by atoms with E-state index in [-0.39, 0.29) is 17.1 Å². The fourth-order valence-corrected chi connectivity index (χ4v) is 1.31. The Balaban J connectivity index is 2.63. The van der Waals surface area contributed by atoms with E-state index in [0.717, 1.165) is 0 Å². The number of imide groups is 1. The molecular formula is C6H9NO2S. The van der Waals surface area contributed by atoms with Crippen molar-refractivity contribution in [1.82, 2.24) is 4.90 Å². The number of nitrogens with zero attached hydrogens (tertiary/aromatic N) is 1. The molecule has 0 aromatic carbocycles. The van der Waals surface area contributed by atoms with Crippen LogP contribution >= 0.6 is 12.6 Å². The summed E-state index contributed by atoms with van der Waals surface area (Å²) in [5.74, 6) is -0.283. The highest BCUT2D eigenvalue weighted by atomic mass is 32.1. The Morgan fingerprint density at radius 3 is 2.60 bits per heavy atom. The van der Waals surface area contributed by atoms with Crippen LogP contribution in [0.2, 0.25) is 0 Å². The largest absolute Gasteiger partial charge is 0.282 e. The van der Waals surface area contributed by atoms with Gasteiger partial charge in [0.05, 0.1) is 0 Å². The molecule has 1 aliphatic heterocycles. The maximum absolute atomic E-state index is 10.9. The second kappa shape index (κ2) is 2.62. The molecule has 0 spiro atoms. The van der Waals surface area contributed by atoms with E-state index in [0.29, 0.717) is 13.0 Å². The van der Waals surface area contributed by atoms with Crippen LogP contribution in [0, 0.1) is 0 Å². The smallest absolute Gasteiger partial charge is 0.230 e. The van der Waals surface area contributed by atoms with Crippen LogP contribution < -0.4 is 0 Å². The summed E-state index contributed by atoms with van der Waals surface area (Å²) in [6.07, 6.45) is 0.392. The highest BCUT2D eigenvalue weighted by molar-refractivity contribution is 7.81. The molecule has 56 valence electrons. The van der Waals surface area contributed by atoms with Gasteiger partial charge < -0.3 is 0 Å². The number of hydrogen-bond donors (Lipinski definition) is 1. The van der Waals surface area contributed by atoms with Gasteiger partial charge in [-0.3, -0.25) is 14.5 Å². The van der Waals surface area contributed by atoms with Gasteiger partial charge in [0.15, 0.2) is 0 Å². The minimum atomic E-state index is -0.179. The summed E-state index contributed by atoms with van der Waals surface area (Å²) < 4.78 is 0. The first-order valence-corrected chi connectivity index (χ1v) is 3.62. The normalized spacial score (nSPS) is 25.6. The Morgan fingerprint density at radius 2 is 2.40 bits per heavy atom. The maximum Gasteiger partial charge on any atom is 0.230 e. The number of hydrogen-bond acceptors (Lipinski definition) is 3. The number of likely N-dealkylation sites (tertiary alicyclic amines) is 1. The van der Waals surface area contributed by atoms with Gasteiger partial charge in [-0.25, -0.2) is 0 Å². The molecule has 2 amide bonds. The van der Waals surface area contributed by atoms with E-state index in [1.165, 1.54) is 11.8 Å². The van der Waals surface area contributed by atoms with E-state index in [1.807, 2.05) is 0 Å². The van der Waals surface area contributed by atoms with Crippen LogP contribution in [0.5, 0.6) is 0 Å². The van der Waals surface area contributed by atoms with Crippen molar-refractivity contribution in [1.29, 1.82) is 0 Å². The third-order valence-corrected chi connectivity index (χ3v) is 1.83. The SMILES string of the molecule is CC(=O)N1C[C@H](S)CC1=O. The van der Waals surface area contributed by atoms with Crippen molar-refractivity contribution in [3.05, 3.63) is 0 Å². The first kappa shape index (κ1) is 7.60. The quantitative estimate of drug-likeness (QED) is 0.508. The molecule has 0 aliphatic carbocycles. The Morgan fingerprint density at radius 1 is 1.80 bits per heavy atom. The predicted octanol–water partition coefficient (Wildman–Crippen LogP) is 0.0636. The lowest BCUT2D eigenvalue weighted by Crippen LogP contribution is -2.29. The van der Waals surface area contributed by atoms with Crippen molar-refractivity contribution < 1.29 is 9.59 Å². The molecule has 1 saturated heterocycles. The monoisotopic (exact) mass is 159 g/mol. The minimum absolute atomic E-state index is 0.0383. The topological polar surface area (TPSA) is 37.4 Å². The fraction of sp³-hybridized carbons (Fsp3) is 0.667. The van der Waals surface area contributed by atoms with Crippen LogP contribution in [0.1, 0.15) is 13.3 Å². The summed E-state index contributed by atoms with van der Waals surface area (Å²) in [6.45, 7) is 1.86. The van der Waals surface area contributed by atoms with Gasteiger partial charge in [0.1, 0.15) is 0 Å². The number of amides is 2. The second-order valence-electron chi connectivity index (χ2n) is 2.38. The summed E-state index contributed by atoms with van der Waals surface area (Å²) in [7, 11) is 0. The first-order valence-electron chi connectivity index (χ1n) is 3.10. The maximum atomic E-state index is 10.9. The molecule has 1 heterocycles. The number of carbonyl (C=O) groups excluding carboxylic acids is 2. The zero-order chi connectivity index (χ0) is 7.72. The van der Waals surface area contributed by atoms with Gasteiger partial charge in [0, 0.05) is 25.1 Å². The molecule has 3 nitrogen and oxygen atoms in total. The summed E-state index contributed by atoms with van der Waals surface area (Å²) in [5, 5.41) is 0.0383. The molecule has 0 bridgehead atoms. The number of carbonyl (C=O) groups is 2. The lowest BCUT2D eigenvalue weighted by Gasteiger charge is -2.09. The average Bonchev–Trinajstić information content (AvgIpc) is 2.10.